The second kappa shape index (κ2) is 9.35. The zero-order valence-electron chi connectivity index (χ0n) is 15.4. The molecule has 0 aliphatic heterocycles. The van der Waals surface area contributed by atoms with E-state index < -0.39 is 12.1 Å². The molecule has 0 bridgehead atoms. The van der Waals surface area contributed by atoms with E-state index in [1.807, 2.05) is 66.7 Å². The van der Waals surface area contributed by atoms with Crippen LogP contribution in [0.2, 0.25) is 0 Å². The van der Waals surface area contributed by atoms with Crippen molar-refractivity contribution >= 4 is 22.8 Å². The predicted octanol–water partition coefficient (Wildman–Crippen LogP) is 4.77. The zero-order chi connectivity index (χ0) is 19.9. The Bertz CT molecular complexity index is 935. The normalized spacial score (nSPS) is 11.6. The van der Waals surface area contributed by atoms with Crippen LogP contribution in [0.3, 0.4) is 0 Å². The molecule has 1 N–H and O–H groups in total. The highest BCUT2D eigenvalue weighted by Crippen LogP contribution is 2.26. The van der Waals surface area contributed by atoms with Crippen LogP contribution in [0.5, 0.6) is 0 Å². The molecule has 3 rings (SSSR count). The molecular weight excluding hydrogens is 372 g/mol. The summed E-state index contributed by atoms with van der Waals surface area (Å²) < 4.78 is 5.19. The number of aliphatic hydroxyl groups excluding tert-OH is 1. The highest BCUT2D eigenvalue weighted by Gasteiger charge is 2.19. The predicted molar refractivity (Wildman–Crippen MR) is 110 cm³/mol. The van der Waals surface area contributed by atoms with Gasteiger partial charge in [-0.1, -0.05) is 78.5 Å². The number of carbonyl (C=O) groups is 2. The molecule has 28 heavy (non-hydrogen) atoms. The lowest BCUT2D eigenvalue weighted by Crippen LogP contribution is -2.15. The number of rotatable bonds is 6. The lowest BCUT2D eigenvalue weighted by molar-refractivity contribution is -0.155. The molecule has 0 spiro atoms. The highest BCUT2D eigenvalue weighted by atomic mass is 32.2. The Morgan fingerprint density at radius 3 is 2.04 bits per heavy atom. The van der Waals surface area contributed by atoms with Gasteiger partial charge in [-0.3, -0.25) is 4.79 Å². The van der Waals surface area contributed by atoms with Crippen molar-refractivity contribution in [1.29, 1.82) is 0 Å². The first-order valence-electron chi connectivity index (χ1n) is 8.80. The van der Waals surface area contributed by atoms with Gasteiger partial charge in [-0.25, -0.2) is 4.79 Å². The summed E-state index contributed by atoms with van der Waals surface area (Å²) >= 11 is 1.19. The third-order valence-corrected chi connectivity index (χ3v) is 4.92. The summed E-state index contributed by atoms with van der Waals surface area (Å²) in [6.45, 7) is 1.66. The molecule has 0 aromatic heterocycles. The van der Waals surface area contributed by atoms with Gasteiger partial charge in [0.2, 0.25) is 0 Å². The van der Waals surface area contributed by atoms with Crippen LogP contribution in [0.25, 0.3) is 11.1 Å². The monoisotopic (exact) mass is 392 g/mol. The van der Waals surface area contributed by atoms with E-state index in [-0.39, 0.29) is 11.7 Å². The molecular formula is C23H20O4S. The standard InChI is InChI=1S/C23H20O4S/c1-16(24)28-21-13-11-19(12-14-21)18-7-9-20(10-8-18)22(25)23(26)27-15-17-5-3-2-4-6-17/h2-14,22,25H,15H2,1H3. The summed E-state index contributed by atoms with van der Waals surface area (Å²) in [5.74, 6) is -0.679. The number of thioether (sulfide) groups is 1. The maximum absolute atomic E-state index is 12.1. The Labute approximate surface area is 168 Å². The van der Waals surface area contributed by atoms with Crippen LogP contribution in [-0.2, 0) is 20.9 Å². The molecule has 0 fully saturated rings. The van der Waals surface area contributed by atoms with E-state index in [1.54, 1.807) is 12.1 Å². The summed E-state index contributed by atoms with van der Waals surface area (Å²) in [6, 6.07) is 24.1. The summed E-state index contributed by atoms with van der Waals surface area (Å²) in [7, 11) is 0. The second-order valence-corrected chi connectivity index (χ2v) is 7.49. The topological polar surface area (TPSA) is 63.6 Å². The van der Waals surface area contributed by atoms with Gasteiger partial charge in [-0.2, -0.15) is 0 Å². The van der Waals surface area contributed by atoms with Gasteiger partial charge in [-0.05, 0) is 34.4 Å². The third-order valence-electron chi connectivity index (χ3n) is 4.12. The van der Waals surface area contributed by atoms with E-state index in [0.717, 1.165) is 21.6 Å². The summed E-state index contributed by atoms with van der Waals surface area (Å²) in [5.41, 5.74) is 3.28. The first-order valence-corrected chi connectivity index (χ1v) is 9.62. The lowest BCUT2D eigenvalue weighted by Gasteiger charge is -2.12. The molecule has 3 aromatic rings. The molecule has 0 aliphatic rings. The molecule has 0 aliphatic carbocycles. The van der Waals surface area contributed by atoms with Gasteiger partial charge >= 0.3 is 5.97 Å². The van der Waals surface area contributed by atoms with Gasteiger partial charge in [0.15, 0.2) is 11.2 Å². The Morgan fingerprint density at radius 1 is 0.893 bits per heavy atom. The average molecular weight is 392 g/mol. The van der Waals surface area contributed by atoms with Crippen LogP contribution in [0.15, 0.2) is 83.8 Å². The number of esters is 1. The van der Waals surface area contributed by atoms with Crippen LogP contribution in [0, 0.1) is 0 Å². The molecule has 1 atom stereocenters. The Hall–Kier alpha value is -2.89. The van der Waals surface area contributed by atoms with Crippen molar-refractivity contribution in [2.24, 2.45) is 0 Å². The van der Waals surface area contributed by atoms with Crippen LogP contribution in [-0.4, -0.2) is 16.2 Å². The van der Waals surface area contributed by atoms with E-state index in [0.29, 0.717) is 5.56 Å². The Morgan fingerprint density at radius 2 is 1.46 bits per heavy atom. The van der Waals surface area contributed by atoms with Gasteiger partial charge in [0.1, 0.15) is 6.61 Å². The number of benzene rings is 3. The fraction of sp³-hybridized carbons (Fsp3) is 0.130. The van der Waals surface area contributed by atoms with E-state index >= 15 is 0 Å². The van der Waals surface area contributed by atoms with Crippen LogP contribution >= 0.6 is 11.8 Å². The van der Waals surface area contributed by atoms with E-state index in [9.17, 15) is 14.7 Å². The lowest BCUT2D eigenvalue weighted by atomic mass is 10.0. The van der Waals surface area contributed by atoms with E-state index in [2.05, 4.69) is 0 Å². The quantitative estimate of drug-likeness (QED) is 0.484. The second-order valence-electron chi connectivity index (χ2n) is 6.24. The molecule has 0 saturated heterocycles. The van der Waals surface area contributed by atoms with E-state index in [4.69, 9.17) is 4.74 Å². The number of aliphatic hydroxyl groups is 1. The summed E-state index contributed by atoms with van der Waals surface area (Å²) in [5, 5.41) is 10.3. The molecule has 0 radical (unpaired) electrons. The third kappa shape index (κ3) is 5.31. The van der Waals surface area contributed by atoms with Gasteiger partial charge in [0, 0.05) is 11.8 Å². The van der Waals surface area contributed by atoms with Gasteiger partial charge < -0.3 is 9.84 Å². The van der Waals surface area contributed by atoms with Crippen LogP contribution in [0.4, 0.5) is 0 Å². The first kappa shape index (κ1) is 19.9. The molecule has 5 heteroatoms. The largest absolute Gasteiger partial charge is 0.459 e. The molecule has 0 heterocycles. The van der Waals surface area contributed by atoms with Crippen molar-refractivity contribution in [2.45, 2.75) is 24.5 Å². The molecule has 0 amide bonds. The number of carbonyl (C=O) groups excluding carboxylic acids is 2. The van der Waals surface area contributed by atoms with Crippen molar-refractivity contribution in [2.75, 3.05) is 0 Å². The smallest absolute Gasteiger partial charge is 0.339 e. The SMILES string of the molecule is CC(=O)Sc1ccc(-c2ccc(C(O)C(=O)OCc3ccccc3)cc2)cc1. The maximum atomic E-state index is 12.1. The fourth-order valence-electron chi connectivity index (χ4n) is 2.68. The number of hydrogen-bond acceptors (Lipinski definition) is 5. The van der Waals surface area contributed by atoms with Crippen molar-refractivity contribution in [3.05, 3.63) is 90.0 Å². The minimum absolute atomic E-state index is 0.0465. The number of hydrogen-bond donors (Lipinski definition) is 1. The van der Waals surface area contributed by atoms with Gasteiger partial charge in [0.25, 0.3) is 0 Å². The van der Waals surface area contributed by atoms with E-state index in [1.165, 1.54) is 18.7 Å². The van der Waals surface area contributed by atoms with Crippen molar-refractivity contribution in [3.63, 3.8) is 0 Å². The Kier molecular flexibility index (Phi) is 6.63. The van der Waals surface area contributed by atoms with Gasteiger partial charge in [0.05, 0.1) is 0 Å². The molecule has 3 aromatic carbocycles. The van der Waals surface area contributed by atoms with Crippen molar-refractivity contribution in [1.82, 2.24) is 0 Å². The molecule has 0 saturated carbocycles. The molecule has 1 unspecified atom stereocenters. The maximum Gasteiger partial charge on any atom is 0.339 e. The molecule has 4 nitrogen and oxygen atoms in total. The minimum atomic E-state index is -1.33. The first-order chi connectivity index (χ1) is 13.5. The van der Waals surface area contributed by atoms with Gasteiger partial charge in [-0.15, -0.1) is 0 Å². The molecule has 142 valence electrons. The zero-order valence-corrected chi connectivity index (χ0v) is 16.2. The average Bonchev–Trinajstić information content (AvgIpc) is 2.72. The summed E-state index contributed by atoms with van der Waals surface area (Å²) in [6.07, 6.45) is -1.33. The van der Waals surface area contributed by atoms with Crippen LogP contribution < -0.4 is 0 Å². The summed E-state index contributed by atoms with van der Waals surface area (Å²) in [4.78, 5) is 24.1. The number of ether oxygens (including phenoxy) is 1. The fourth-order valence-corrected chi connectivity index (χ4v) is 3.29. The highest BCUT2D eigenvalue weighted by molar-refractivity contribution is 8.13. The minimum Gasteiger partial charge on any atom is -0.459 e. The van der Waals surface area contributed by atoms with Crippen LogP contribution in [0.1, 0.15) is 24.2 Å². The van der Waals surface area contributed by atoms with Crippen molar-refractivity contribution < 1.29 is 19.4 Å². The Balaban J connectivity index is 1.62. The van der Waals surface area contributed by atoms with Crippen molar-refractivity contribution in [3.8, 4) is 11.1 Å².